The Morgan fingerprint density at radius 1 is 1.16 bits per heavy atom. The SMILES string of the molecule is CCn1nc(C(=O)N2CCC(c3ccccc3C(F)(F)F)CC2)c2c1CN(S(C)(=O)=O)C2. The number of likely N-dealkylation sites (tertiary alicyclic amines) is 1. The molecule has 4 rings (SSSR count). The maximum atomic E-state index is 13.4. The number of piperidine rings is 1. The summed E-state index contributed by atoms with van der Waals surface area (Å²) in [4.78, 5) is 14.8. The van der Waals surface area contributed by atoms with Gasteiger partial charge in [0.25, 0.3) is 5.91 Å². The quantitative estimate of drug-likeness (QED) is 0.688. The van der Waals surface area contributed by atoms with Crippen molar-refractivity contribution in [2.75, 3.05) is 19.3 Å². The van der Waals surface area contributed by atoms with Gasteiger partial charge in [-0.15, -0.1) is 0 Å². The molecular weight excluding hydrogens is 445 g/mol. The van der Waals surface area contributed by atoms with Gasteiger partial charge in [0.1, 0.15) is 0 Å². The lowest BCUT2D eigenvalue weighted by molar-refractivity contribution is -0.138. The minimum absolute atomic E-state index is 0.102. The summed E-state index contributed by atoms with van der Waals surface area (Å²) in [5, 5.41) is 4.42. The van der Waals surface area contributed by atoms with Crippen LogP contribution in [0.4, 0.5) is 13.2 Å². The fourth-order valence-corrected chi connectivity index (χ4v) is 5.32. The van der Waals surface area contributed by atoms with Crippen molar-refractivity contribution in [2.45, 2.75) is 51.5 Å². The standard InChI is InChI=1S/C21H25F3N4O3S/c1-3-28-18-13-27(32(2,30)31)12-16(18)19(25-28)20(29)26-10-8-14(9-11-26)15-6-4-5-7-17(15)21(22,23)24/h4-7,14H,3,8-13H2,1-2H3. The normalized spacial score (nSPS) is 18.2. The minimum Gasteiger partial charge on any atom is -0.337 e. The summed E-state index contributed by atoms with van der Waals surface area (Å²) < 4.78 is 67.1. The van der Waals surface area contributed by atoms with E-state index in [1.165, 1.54) is 16.4 Å². The summed E-state index contributed by atoms with van der Waals surface area (Å²) in [6, 6.07) is 5.60. The number of sulfonamides is 1. The summed E-state index contributed by atoms with van der Waals surface area (Å²) >= 11 is 0. The molecule has 0 unspecified atom stereocenters. The second kappa shape index (κ2) is 8.18. The number of halogens is 3. The van der Waals surface area contributed by atoms with Crippen molar-refractivity contribution < 1.29 is 26.4 Å². The molecule has 2 aliphatic heterocycles. The van der Waals surface area contributed by atoms with Gasteiger partial charge in [0.05, 0.1) is 24.1 Å². The van der Waals surface area contributed by atoms with E-state index in [0.29, 0.717) is 38.0 Å². The van der Waals surface area contributed by atoms with E-state index in [1.54, 1.807) is 15.6 Å². The predicted octanol–water partition coefficient (Wildman–Crippen LogP) is 3.22. The molecule has 0 saturated carbocycles. The highest BCUT2D eigenvalue weighted by Crippen LogP contribution is 2.39. The van der Waals surface area contributed by atoms with Crippen LogP contribution < -0.4 is 0 Å². The Morgan fingerprint density at radius 2 is 1.81 bits per heavy atom. The van der Waals surface area contributed by atoms with E-state index in [1.807, 2.05) is 6.92 Å². The zero-order valence-corrected chi connectivity index (χ0v) is 18.7. The number of aryl methyl sites for hydroxylation is 1. The van der Waals surface area contributed by atoms with Gasteiger partial charge in [0.2, 0.25) is 10.0 Å². The Hall–Kier alpha value is -2.40. The van der Waals surface area contributed by atoms with Crippen LogP contribution in [0.15, 0.2) is 24.3 Å². The third-order valence-electron chi connectivity index (χ3n) is 6.29. The van der Waals surface area contributed by atoms with Gasteiger partial charge in [-0.05, 0) is 37.3 Å². The zero-order chi connectivity index (χ0) is 23.3. The molecule has 32 heavy (non-hydrogen) atoms. The number of carbonyl (C=O) groups is 1. The Morgan fingerprint density at radius 3 is 2.41 bits per heavy atom. The highest BCUT2D eigenvalue weighted by Gasteiger charge is 2.38. The molecule has 2 aliphatic rings. The second-order valence-electron chi connectivity index (χ2n) is 8.27. The van der Waals surface area contributed by atoms with Crippen LogP contribution in [0.3, 0.4) is 0 Å². The first kappa shape index (κ1) is 22.8. The molecule has 1 amide bonds. The summed E-state index contributed by atoms with van der Waals surface area (Å²) in [7, 11) is -3.41. The molecule has 0 N–H and O–H groups in total. The number of hydrogen-bond donors (Lipinski definition) is 0. The van der Waals surface area contributed by atoms with Crippen molar-refractivity contribution in [1.29, 1.82) is 0 Å². The molecule has 0 atom stereocenters. The van der Waals surface area contributed by atoms with Crippen molar-refractivity contribution in [1.82, 2.24) is 19.0 Å². The number of fused-ring (bicyclic) bond motifs is 1. The zero-order valence-electron chi connectivity index (χ0n) is 17.9. The van der Waals surface area contributed by atoms with Gasteiger partial charge in [0.15, 0.2) is 5.69 Å². The number of hydrogen-bond acceptors (Lipinski definition) is 4. The molecule has 1 saturated heterocycles. The summed E-state index contributed by atoms with van der Waals surface area (Å²) in [5.41, 5.74) is 1.22. The van der Waals surface area contributed by atoms with Crippen LogP contribution in [0.25, 0.3) is 0 Å². The molecule has 0 bridgehead atoms. The Bertz CT molecular complexity index is 1140. The van der Waals surface area contributed by atoms with Crippen molar-refractivity contribution >= 4 is 15.9 Å². The fraction of sp³-hybridized carbons (Fsp3) is 0.524. The van der Waals surface area contributed by atoms with E-state index in [0.717, 1.165) is 18.0 Å². The molecule has 174 valence electrons. The van der Waals surface area contributed by atoms with Gasteiger partial charge in [-0.3, -0.25) is 9.48 Å². The molecule has 1 fully saturated rings. The average Bonchev–Trinajstić information content (AvgIpc) is 3.32. The van der Waals surface area contributed by atoms with Crippen LogP contribution in [-0.2, 0) is 35.8 Å². The van der Waals surface area contributed by atoms with Gasteiger partial charge in [0, 0.05) is 31.7 Å². The molecule has 0 radical (unpaired) electrons. The Labute approximate surface area is 184 Å². The maximum absolute atomic E-state index is 13.4. The molecular formula is C21H25F3N4O3S. The third kappa shape index (κ3) is 4.15. The van der Waals surface area contributed by atoms with Crippen LogP contribution in [-0.4, -0.2) is 52.7 Å². The monoisotopic (exact) mass is 470 g/mol. The molecule has 1 aromatic carbocycles. The van der Waals surface area contributed by atoms with Gasteiger partial charge >= 0.3 is 6.18 Å². The third-order valence-corrected chi connectivity index (χ3v) is 7.48. The van der Waals surface area contributed by atoms with Crippen molar-refractivity contribution in [3.8, 4) is 0 Å². The van der Waals surface area contributed by atoms with E-state index in [2.05, 4.69) is 5.10 Å². The largest absolute Gasteiger partial charge is 0.416 e. The smallest absolute Gasteiger partial charge is 0.337 e. The van der Waals surface area contributed by atoms with Gasteiger partial charge < -0.3 is 4.90 Å². The first-order chi connectivity index (χ1) is 15.0. The summed E-state index contributed by atoms with van der Waals surface area (Å²) in [6.45, 7) is 3.29. The lowest BCUT2D eigenvalue weighted by Gasteiger charge is -2.33. The molecule has 7 nitrogen and oxygen atoms in total. The van der Waals surface area contributed by atoms with Gasteiger partial charge in [-0.25, -0.2) is 8.42 Å². The van der Waals surface area contributed by atoms with Crippen LogP contribution >= 0.6 is 0 Å². The van der Waals surface area contributed by atoms with E-state index < -0.39 is 21.8 Å². The molecule has 1 aromatic heterocycles. The first-order valence-corrected chi connectivity index (χ1v) is 12.3. The number of benzene rings is 1. The van der Waals surface area contributed by atoms with Crippen molar-refractivity contribution in [3.05, 3.63) is 52.3 Å². The van der Waals surface area contributed by atoms with Crippen LogP contribution in [0.2, 0.25) is 0 Å². The number of carbonyl (C=O) groups excluding carboxylic acids is 1. The van der Waals surface area contributed by atoms with E-state index >= 15 is 0 Å². The maximum Gasteiger partial charge on any atom is 0.416 e. The van der Waals surface area contributed by atoms with E-state index in [9.17, 15) is 26.4 Å². The Kier molecular flexibility index (Phi) is 5.83. The molecule has 0 spiro atoms. The first-order valence-electron chi connectivity index (χ1n) is 10.5. The lowest BCUT2D eigenvalue weighted by atomic mass is 9.86. The topological polar surface area (TPSA) is 75.5 Å². The van der Waals surface area contributed by atoms with Crippen LogP contribution in [0.5, 0.6) is 0 Å². The summed E-state index contributed by atoms with van der Waals surface area (Å²) in [5.74, 6) is -0.581. The lowest BCUT2D eigenvalue weighted by Crippen LogP contribution is -2.39. The van der Waals surface area contributed by atoms with Crippen LogP contribution in [0, 0.1) is 0 Å². The number of amides is 1. The minimum atomic E-state index is -4.41. The molecule has 11 heteroatoms. The average molecular weight is 471 g/mol. The number of rotatable bonds is 4. The second-order valence-corrected chi connectivity index (χ2v) is 10.3. The van der Waals surface area contributed by atoms with Crippen molar-refractivity contribution in [2.24, 2.45) is 0 Å². The van der Waals surface area contributed by atoms with Crippen LogP contribution in [0.1, 0.15) is 58.6 Å². The fourth-order valence-electron chi connectivity index (χ4n) is 4.60. The predicted molar refractivity (Wildman–Crippen MR) is 111 cm³/mol. The molecule has 3 heterocycles. The summed E-state index contributed by atoms with van der Waals surface area (Å²) in [6.07, 6.45) is -2.44. The number of alkyl halides is 3. The van der Waals surface area contributed by atoms with Gasteiger partial charge in [-0.2, -0.15) is 22.6 Å². The van der Waals surface area contributed by atoms with Crippen molar-refractivity contribution in [3.63, 3.8) is 0 Å². The highest BCUT2D eigenvalue weighted by molar-refractivity contribution is 7.88. The molecule has 0 aliphatic carbocycles. The van der Waals surface area contributed by atoms with Gasteiger partial charge in [-0.1, -0.05) is 18.2 Å². The number of aromatic nitrogens is 2. The highest BCUT2D eigenvalue weighted by atomic mass is 32.2. The molecule has 2 aromatic rings. The Balaban J connectivity index is 1.52. The van der Waals surface area contributed by atoms with E-state index in [-0.39, 0.29) is 36.2 Å². The number of nitrogens with zero attached hydrogens (tertiary/aromatic N) is 4. The van der Waals surface area contributed by atoms with E-state index in [4.69, 9.17) is 0 Å².